The lowest BCUT2D eigenvalue weighted by Gasteiger charge is -2.27. The second kappa shape index (κ2) is 9.25. The Kier molecular flexibility index (Phi) is 6.51. The molecule has 2 aromatic carbocycles. The van der Waals surface area contributed by atoms with E-state index in [2.05, 4.69) is 10.0 Å². The lowest BCUT2D eigenvalue weighted by atomic mass is 10.1. The summed E-state index contributed by atoms with van der Waals surface area (Å²) in [5.41, 5.74) is 9.70. The molecule has 0 saturated heterocycles. The second-order valence-corrected chi connectivity index (χ2v) is 7.18. The van der Waals surface area contributed by atoms with Gasteiger partial charge in [0.15, 0.2) is 0 Å². The second-order valence-electron chi connectivity index (χ2n) is 6.30. The van der Waals surface area contributed by atoms with Gasteiger partial charge in [-0.2, -0.15) is 0 Å². The molecule has 0 aliphatic heterocycles. The van der Waals surface area contributed by atoms with Crippen LogP contribution >= 0.6 is 11.3 Å². The number of anilines is 1. The summed E-state index contributed by atoms with van der Waals surface area (Å²) in [6, 6.07) is 11.2. The first-order chi connectivity index (χ1) is 14.5. The number of carbonyl (C=O) groups is 2. The molecule has 1 heterocycles. The van der Waals surface area contributed by atoms with Crippen LogP contribution in [0.15, 0.2) is 53.0 Å². The van der Waals surface area contributed by atoms with Crippen LogP contribution in [0.4, 0.5) is 14.9 Å². The number of thiophene rings is 1. The molecule has 30 heavy (non-hydrogen) atoms. The Morgan fingerprint density at radius 2 is 1.97 bits per heavy atom. The predicted molar refractivity (Wildman–Crippen MR) is 113 cm³/mol. The first-order valence-electron chi connectivity index (χ1n) is 8.83. The highest BCUT2D eigenvalue weighted by Crippen LogP contribution is 2.36. The first-order valence-corrected chi connectivity index (χ1v) is 9.71. The van der Waals surface area contributed by atoms with Gasteiger partial charge >= 0.3 is 6.03 Å². The number of halogens is 1. The fraction of sp³-hybridized carbons (Fsp3) is 0.200. The normalized spacial score (nSPS) is 10.4. The van der Waals surface area contributed by atoms with Crippen LogP contribution in [-0.4, -0.2) is 37.5 Å². The van der Waals surface area contributed by atoms with Crippen LogP contribution in [0.3, 0.4) is 0 Å². The largest absolute Gasteiger partial charge is 0.497 e. The molecule has 0 aliphatic carbocycles. The number of rotatable bonds is 6. The van der Waals surface area contributed by atoms with Crippen molar-refractivity contribution in [1.29, 1.82) is 0 Å². The maximum absolute atomic E-state index is 14.2. The van der Waals surface area contributed by atoms with E-state index in [-0.39, 0.29) is 12.4 Å². The van der Waals surface area contributed by atoms with Gasteiger partial charge in [0.25, 0.3) is 0 Å². The van der Waals surface area contributed by atoms with E-state index in [1.807, 2.05) is 0 Å². The number of benzene rings is 2. The van der Waals surface area contributed by atoms with Gasteiger partial charge in [-0.25, -0.2) is 9.18 Å². The van der Waals surface area contributed by atoms with Crippen molar-refractivity contribution in [2.75, 3.05) is 25.6 Å². The summed E-state index contributed by atoms with van der Waals surface area (Å²) in [6.45, 7) is -0.335. The number of amides is 3. The van der Waals surface area contributed by atoms with E-state index in [0.29, 0.717) is 21.5 Å². The van der Waals surface area contributed by atoms with Gasteiger partial charge in [0, 0.05) is 22.7 Å². The molecule has 0 spiro atoms. The van der Waals surface area contributed by atoms with E-state index in [9.17, 15) is 14.0 Å². The molecule has 0 N–H and O–H groups in total. The highest BCUT2D eigenvalue weighted by molar-refractivity contribution is 7.17. The molecule has 8 nitrogen and oxygen atoms in total. The Labute approximate surface area is 175 Å². The van der Waals surface area contributed by atoms with Crippen molar-refractivity contribution in [2.24, 2.45) is 5.11 Å². The van der Waals surface area contributed by atoms with Crippen molar-refractivity contribution in [3.05, 3.63) is 69.7 Å². The molecule has 0 aliphatic rings. The fourth-order valence-electron chi connectivity index (χ4n) is 2.87. The number of nitrogens with zero attached hydrogens (tertiary/aromatic N) is 5. The predicted octanol–water partition coefficient (Wildman–Crippen LogP) is 4.94. The van der Waals surface area contributed by atoms with E-state index in [4.69, 9.17) is 10.3 Å². The van der Waals surface area contributed by atoms with Crippen molar-refractivity contribution >= 4 is 39.0 Å². The smallest absolute Gasteiger partial charge is 0.331 e. The zero-order chi connectivity index (χ0) is 21.7. The van der Waals surface area contributed by atoms with Crippen LogP contribution in [0, 0.1) is 5.82 Å². The average molecular weight is 427 g/mol. The molecule has 0 saturated carbocycles. The molecule has 10 heteroatoms. The van der Waals surface area contributed by atoms with Crippen LogP contribution in [0.5, 0.6) is 5.75 Å². The van der Waals surface area contributed by atoms with Crippen LogP contribution in [0.25, 0.3) is 20.5 Å². The minimum Gasteiger partial charge on any atom is -0.497 e. The number of imide groups is 1. The molecular formula is C20H18FN5O3S. The zero-order valence-corrected chi connectivity index (χ0v) is 17.1. The minimum atomic E-state index is -0.650. The summed E-state index contributed by atoms with van der Waals surface area (Å²) in [5.74, 6) is -0.363. The Morgan fingerprint density at radius 3 is 2.63 bits per heavy atom. The van der Waals surface area contributed by atoms with E-state index in [1.165, 1.54) is 29.4 Å². The van der Waals surface area contributed by atoms with Gasteiger partial charge in [0.1, 0.15) is 18.1 Å². The number of likely N-dealkylation sites (N-methyl/N-ethyl adjacent to an activating group) is 1. The lowest BCUT2D eigenvalue weighted by Crippen LogP contribution is -2.44. The molecule has 3 aromatic rings. The van der Waals surface area contributed by atoms with Crippen molar-refractivity contribution < 1.29 is 18.7 Å². The third-order valence-corrected chi connectivity index (χ3v) is 5.47. The number of ether oxygens (including phenoxy) is 1. The molecule has 3 amide bonds. The molecule has 0 unspecified atom stereocenters. The quantitative estimate of drug-likeness (QED) is 0.316. The van der Waals surface area contributed by atoms with Gasteiger partial charge in [0.05, 0.1) is 24.0 Å². The summed E-state index contributed by atoms with van der Waals surface area (Å²) in [4.78, 5) is 30.2. The summed E-state index contributed by atoms with van der Waals surface area (Å²) < 4.78 is 19.8. The molecule has 0 fully saturated rings. The Bertz CT molecular complexity index is 1130. The maximum Gasteiger partial charge on any atom is 0.331 e. The Morgan fingerprint density at radius 1 is 1.23 bits per heavy atom. The number of fused-ring (bicyclic) bond motifs is 1. The van der Waals surface area contributed by atoms with Crippen LogP contribution in [0.2, 0.25) is 0 Å². The van der Waals surface area contributed by atoms with E-state index < -0.39 is 18.5 Å². The summed E-state index contributed by atoms with van der Waals surface area (Å²) in [5, 5.41) is 5.47. The van der Waals surface area contributed by atoms with E-state index >= 15 is 0 Å². The molecular weight excluding hydrogens is 409 g/mol. The molecule has 3 rings (SSSR count). The van der Waals surface area contributed by atoms with Crippen LogP contribution < -0.4 is 9.64 Å². The maximum atomic E-state index is 14.2. The number of carbonyl (C=O) groups excluding carboxylic acids is 2. The topological polar surface area (TPSA) is 98.6 Å². The number of methoxy groups -OCH3 is 1. The van der Waals surface area contributed by atoms with Gasteiger partial charge in [-0.05, 0) is 29.3 Å². The van der Waals surface area contributed by atoms with Crippen molar-refractivity contribution in [2.45, 2.75) is 6.54 Å². The summed E-state index contributed by atoms with van der Waals surface area (Å²) in [7, 11) is 2.87. The van der Waals surface area contributed by atoms with E-state index in [1.54, 1.807) is 48.9 Å². The third-order valence-electron chi connectivity index (χ3n) is 4.48. The van der Waals surface area contributed by atoms with Gasteiger partial charge in [-0.1, -0.05) is 29.4 Å². The standard InChI is InChI=1S/C20H18FN5O3S/c1-25(18(27)10-23-24-22)20(28)26(11-13-6-8-14(29-2)9-7-13)17-12-30-19-15(17)4-3-5-16(19)21/h3-9,12H,10-11H2,1-2H3. The number of hydrogen-bond donors (Lipinski definition) is 0. The highest BCUT2D eigenvalue weighted by Gasteiger charge is 2.26. The van der Waals surface area contributed by atoms with Crippen molar-refractivity contribution in [1.82, 2.24) is 4.90 Å². The summed E-state index contributed by atoms with van der Waals surface area (Å²) >= 11 is 1.18. The molecule has 0 bridgehead atoms. The monoisotopic (exact) mass is 427 g/mol. The molecule has 0 atom stereocenters. The van der Waals surface area contributed by atoms with Crippen molar-refractivity contribution in [3.63, 3.8) is 0 Å². The Hall–Kier alpha value is -3.62. The first kappa shape index (κ1) is 21.1. The molecule has 0 radical (unpaired) electrons. The highest BCUT2D eigenvalue weighted by atomic mass is 32.1. The lowest BCUT2D eigenvalue weighted by molar-refractivity contribution is -0.125. The average Bonchev–Trinajstić information content (AvgIpc) is 3.20. The minimum absolute atomic E-state index is 0.143. The van der Waals surface area contributed by atoms with Crippen molar-refractivity contribution in [3.8, 4) is 5.75 Å². The van der Waals surface area contributed by atoms with Crippen LogP contribution in [-0.2, 0) is 11.3 Å². The molecule has 154 valence electrons. The fourth-order valence-corrected chi connectivity index (χ4v) is 3.84. The van der Waals surface area contributed by atoms with E-state index in [0.717, 1.165) is 10.5 Å². The SMILES string of the molecule is COc1ccc(CN(C(=O)N(C)C(=O)CN=[N+]=[N-])c2csc3c(F)cccc23)cc1. The van der Waals surface area contributed by atoms with Gasteiger partial charge in [-0.3, -0.25) is 14.6 Å². The van der Waals surface area contributed by atoms with Gasteiger partial charge in [-0.15, -0.1) is 11.3 Å². The van der Waals surface area contributed by atoms with Crippen LogP contribution in [0.1, 0.15) is 5.56 Å². The molecule has 1 aromatic heterocycles. The summed E-state index contributed by atoms with van der Waals surface area (Å²) in [6.07, 6.45) is 0. The van der Waals surface area contributed by atoms with Gasteiger partial charge in [0.2, 0.25) is 5.91 Å². The third kappa shape index (κ3) is 4.35. The number of urea groups is 1. The number of hydrogen-bond acceptors (Lipinski definition) is 5. The Balaban J connectivity index is 2.00. The zero-order valence-electron chi connectivity index (χ0n) is 16.3. The van der Waals surface area contributed by atoms with Gasteiger partial charge < -0.3 is 4.74 Å². The number of azide groups is 1.